The molecule has 5 heteroatoms. The first-order valence-corrected chi connectivity index (χ1v) is 6.96. The molecule has 3 rings (SSSR count). The predicted octanol–water partition coefficient (Wildman–Crippen LogP) is 2.41. The fraction of sp³-hybridized carbons (Fsp3) is 0.385. The van der Waals surface area contributed by atoms with Gasteiger partial charge >= 0.3 is 0 Å². The summed E-state index contributed by atoms with van der Waals surface area (Å²) in [6.45, 7) is 2.15. The summed E-state index contributed by atoms with van der Waals surface area (Å²) in [6, 6.07) is 4.13. The minimum atomic E-state index is -0.0588. The highest BCUT2D eigenvalue weighted by molar-refractivity contribution is 7.21. The Balaban J connectivity index is 1.85. The number of aromatic nitrogens is 1. The summed E-state index contributed by atoms with van der Waals surface area (Å²) >= 11 is 1.41. The van der Waals surface area contributed by atoms with Crippen LogP contribution in [0.3, 0.4) is 0 Å². The number of amides is 1. The standard InChI is InChI=1S/C13H15N3OS/c1-2-7-6-8(7)16-13(17)12-10(14)11-9(18-12)4-3-5-15-11/h3-5,7-8H,2,6,14H2,1H3,(H,16,17). The summed E-state index contributed by atoms with van der Waals surface area (Å²) in [5.74, 6) is 0.583. The zero-order valence-electron chi connectivity index (χ0n) is 10.1. The van der Waals surface area contributed by atoms with Gasteiger partial charge in [-0.15, -0.1) is 11.3 Å². The van der Waals surface area contributed by atoms with E-state index in [0.717, 1.165) is 23.1 Å². The van der Waals surface area contributed by atoms with Crippen molar-refractivity contribution in [2.45, 2.75) is 25.8 Å². The normalized spacial score (nSPS) is 22.1. The van der Waals surface area contributed by atoms with Crippen LogP contribution in [-0.2, 0) is 0 Å². The van der Waals surface area contributed by atoms with Crippen molar-refractivity contribution in [1.82, 2.24) is 10.3 Å². The molecule has 0 bridgehead atoms. The topological polar surface area (TPSA) is 68.0 Å². The number of nitrogens with two attached hydrogens (primary N) is 1. The predicted molar refractivity (Wildman–Crippen MR) is 73.7 cm³/mol. The molecule has 1 aliphatic rings. The van der Waals surface area contributed by atoms with Gasteiger partial charge in [0.1, 0.15) is 10.4 Å². The second-order valence-electron chi connectivity index (χ2n) is 4.68. The first kappa shape index (κ1) is 11.5. The molecular weight excluding hydrogens is 246 g/mol. The molecule has 94 valence electrons. The molecule has 18 heavy (non-hydrogen) atoms. The van der Waals surface area contributed by atoms with E-state index in [1.165, 1.54) is 11.3 Å². The highest BCUT2D eigenvalue weighted by Crippen LogP contribution is 2.35. The van der Waals surface area contributed by atoms with Gasteiger partial charge in [0.15, 0.2) is 0 Å². The molecule has 3 N–H and O–H groups in total. The molecule has 2 atom stereocenters. The van der Waals surface area contributed by atoms with Gasteiger partial charge in [0.05, 0.1) is 10.4 Å². The van der Waals surface area contributed by atoms with Crippen molar-refractivity contribution in [1.29, 1.82) is 0 Å². The summed E-state index contributed by atoms with van der Waals surface area (Å²) in [4.78, 5) is 16.9. The van der Waals surface area contributed by atoms with E-state index in [4.69, 9.17) is 5.73 Å². The van der Waals surface area contributed by atoms with E-state index >= 15 is 0 Å². The number of pyridine rings is 1. The van der Waals surface area contributed by atoms with Gasteiger partial charge in [-0.05, 0) is 24.5 Å². The van der Waals surface area contributed by atoms with Crippen molar-refractivity contribution in [2.24, 2.45) is 5.92 Å². The average Bonchev–Trinajstić information content (AvgIpc) is 3.05. The molecular formula is C13H15N3OS. The Kier molecular flexibility index (Phi) is 2.70. The van der Waals surface area contributed by atoms with Crippen LogP contribution >= 0.6 is 11.3 Å². The van der Waals surface area contributed by atoms with Gasteiger partial charge in [-0.1, -0.05) is 13.3 Å². The number of nitrogens with one attached hydrogen (secondary N) is 1. The SMILES string of the molecule is CCC1CC1NC(=O)c1sc2cccnc2c1N. The monoisotopic (exact) mass is 261 g/mol. The third-order valence-corrected chi connectivity index (χ3v) is 4.61. The second-order valence-corrected chi connectivity index (χ2v) is 5.73. The summed E-state index contributed by atoms with van der Waals surface area (Å²) in [5, 5.41) is 3.04. The van der Waals surface area contributed by atoms with Crippen LogP contribution in [0.15, 0.2) is 18.3 Å². The quantitative estimate of drug-likeness (QED) is 0.891. The van der Waals surface area contributed by atoms with E-state index in [-0.39, 0.29) is 5.91 Å². The van der Waals surface area contributed by atoms with Gasteiger partial charge in [0.2, 0.25) is 0 Å². The maximum atomic E-state index is 12.1. The largest absolute Gasteiger partial charge is 0.396 e. The molecule has 1 saturated carbocycles. The van der Waals surface area contributed by atoms with Crippen molar-refractivity contribution < 1.29 is 4.79 Å². The number of rotatable bonds is 3. The average molecular weight is 261 g/mol. The van der Waals surface area contributed by atoms with Gasteiger partial charge < -0.3 is 11.1 Å². The van der Waals surface area contributed by atoms with Crippen LogP contribution < -0.4 is 11.1 Å². The summed E-state index contributed by atoms with van der Waals surface area (Å²) in [5.41, 5.74) is 7.22. The lowest BCUT2D eigenvalue weighted by Crippen LogP contribution is -2.26. The molecule has 0 spiro atoms. The molecule has 0 saturated heterocycles. The fourth-order valence-corrected chi connectivity index (χ4v) is 3.21. The lowest BCUT2D eigenvalue weighted by molar-refractivity contribution is 0.0954. The van der Waals surface area contributed by atoms with E-state index in [1.54, 1.807) is 6.20 Å². The third kappa shape index (κ3) is 1.84. The Morgan fingerprint density at radius 1 is 1.67 bits per heavy atom. The molecule has 1 aliphatic carbocycles. The van der Waals surface area contributed by atoms with Gasteiger partial charge in [0.25, 0.3) is 5.91 Å². The number of carbonyl (C=O) groups excluding carboxylic acids is 1. The molecule has 4 nitrogen and oxygen atoms in total. The summed E-state index contributed by atoms with van der Waals surface area (Å²) < 4.78 is 0.961. The lowest BCUT2D eigenvalue weighted by atomic mass is 10.3. The van der Waals surface area contributed by atoms with E-state index < -0.39 is 0 Å². The Morgan fingerprint density at radius 3 is 3.17 bits per heavy atom. The number of fused-ring (bicyclic) bond motifs is 1. The minimum absolute atomic E-state index is 0.0588. The smallest absolute Gasteiger partial charge is 0.263 e. The van der Waals surface area contributed by atoms with Gasteiger partial charge in [-0.3, -0.25) is 9.78 Å². The zero-order chi connectivity index (χ0) is 12.7. The van der Waals surface area contributed by atoms with Crippen LogP contribution in [0.25, 0.3) is 10.2 Å². The fourth-order valence-electron chi connectivity index (χ4n) is 2.23. The minimum Gasteiger partial charge on any atom is -0.396 e. The maximum Gasteiger partial charge on any atom is 0.263 e. The van der Waals surface area contributed by atoms with E-state index in [2.05, 4.69) is 17.2 Å². The molecule has 1 amide bonds. The van der Waals surface area contributed by atoms with E-state index in [1.807, 2.05) is 12.1 Å². The van der Waals surface area contributed by atoms with Crippen molar-refractivity contribution in [3.8, 4) is 0 Å². The lowest BCUT2D eigenvalue weighted by Gasteiger charge is -2.02. The molecule has 1 fully saturated rings. The van der Waals surface area contributed by atoms with Crippen LogP contribution in [0.2, 0.25) is 0 Å². The van der Waals surface area contributed by atoms with Crippen LogP contribution in [0.5, 0.6) is 0 Å². The molecule has 0 radical (unpaired) electrons. The molecule has 2 heterocycles. The van der Waals surface area contributed by atoms with Gasteiger partial charge in [-0.25, -0.2) is 0 Å². The summed E-state index contributed by atoms with van der Waals surface area (Å²) in [6.07, 6.45) is 3.90. The van der Waals surface area contributed by atoms with Crippen LogP contribution in [0, 0.1) is 5.92 Å². The Labute approximate surface area is 109 Å². The van der Waals surface area contributed by atoms with Crippen LogP contribution in [0.1, 0.15) is 29.4 Å². The molecule has 0 aliphatic heterocycles. The van der Waals surface area contributed by atoms with Crippen molar-refractivity contribution in [3.05, 3.63) is 23.2 Å². The van der Waals surface area contributed by atoms with Crippen LogP contribution in [0.4, 0.5) is 5.69 Å². The van der Waals surface area contributed by atoms with Gasteiger partial charge in [-0.2, -0.15) is 0 Å². The van der Waals surface area contributed by atoms with Crippen LogP contribution in [-0.4, -0.2) is 16.9 Å². The van der Waals surface area contributed by atoms with Crippen molar-refractivity contribution >= 4 is 33.1 Å². The van der Waals surface area contributed by atoms with E-state index in [0.29, 0.717) is 22.5 Å². The molecule has 2 aromatic heterocycles. The number of nitrogen functional groups attached to an aromatic ring is 1. The number of anilines is 1. The number of hydrogen-bond acceptors (Lipinski definition) is 4. The van der Waals surface area contributed by atoms with Gasteiger partial charge in [0, 0.05) is 12.2 Å². The van der Waals surface area contributed by atoms with Crippen molar-refractivity contribution in [3.63, 3.8) is 0 Å². The third-order valence-electron chi connectivity index (χ3n) is 3.45. The highest BCUT2D eigenvalue weighted by Gasteiger charge is 2.37. The number of nitrogens with zero attached hydrogens (tertiary/aromatic N) is 1. The summed E-state index contributed by atoms with van der Waals surface area (Å²) in [7, 11) is 0. The van der Waals surface area contributed by atoms with E-state index in [9.17, 15) is 4.79 Å². The van der Waals surface area contributed by atoms with Crippen molar-refractivity contribution in [2.75, 3.05) is 5.73 Å². The Hall–Kier alpha value is -1.62. The highest BCUT2D eigenvalue weighted by atomic mass is 32.1. The first-order chi connectivity index (χ1) is 8.70. The molecule has 2 unspecified atom stereocenters. The second kappa shape index (κ2) is 4.24. The Morgan fingerprint density at radius 2 is 2.50 bits per heavy atom. The number of carbonyl (C=O) groups is 1. The molecule has 2 aromatic rings. The zero-order valence-corrected chi connectivity index (χ0v) is 11.0. The maximum absolute atomic E-state index is 12.1. The number of thiophene rings is 1. The first-order valence-electron chi connectivity index (χ1n) is 6.14. The molecule has 0 aromatic carbocycles. The number of hydrogen-bond donors (Lipinski definition) is 2. The Bertz CT molecular complexity index is 607.